The lowest BCUT2D eigenvalue weighted by Crippen LogP contribution is -2.09. The van der Waals surface area contributed by atoms with E-state index in [-0.39, 0.29) is 0 Å². The Hall–Kier alpha value is -1.09. The van der Waals surface area contributed by atoms with E-state index >= 15 is 0 Å². The molecule has 0 bridgehead atoms. The van der Waals surface area contributed by atoms with Gasteiger partial charge in [0.25, 0.3) is 0 Å². The number of nitrogens with zero attached hydrogens (tertiary/aromatic N) is 1. The summed E-state index contributed by atoms with van der Waals surface area (Å²) < 4.78 is 1.07. The van der Waals surface area contributed by atoms with Crippen LogP contribution in [-0.4, -0.2) is 11.5 Å². The fourth-order valence-corrected chi connectivity index (χ4v) is 3.19. The molecular weight excluding hydrogens is 312 g/mol. The van der Waals surface area contributed by atoms with Crippen LogP contribution in [0.15, 0.2) is 16.6 Å². The minimum Gasteiger partial charge on any atom is -0.384 e. The maximum absolute atomic E-state index is 4.84. The van der Waals surface area contributed by atoms with Crippen molar-refractivity contribution in [1.29, 1.82) is 0 Å². The van der Waals surface area contributed by atoms with Gasteiger partial charge in [0.05, 0.1) is 5.52 Å². The van der Waals surface area contributed by atoms with Crippen LogP contribution in [-0.2, 0) is 0 Å². The van der Waals surface area contributed by atoms with E-state index in [0.717, 1.165) is 28.6 Å². The molecule has 1 heterocycles. The van der Waals surface area contributed by atoms with Crippen LogP contribution >= 0.6 is 15.9 Å². The zero-order valence-electron chi connectivity index (χ0n) is 13.0. The second kappa shape index (κ2) is 6.13. The molecule has 0 aliphatic rings. The number of hydrogen-bond acceptors (Lipinski definition) is 2. The van der Waals surface area contributed by atoms with Crippen LogP contribution in [0.5, 0.6) is 0 Å². The van der Waals surface area contributed by atoms with Crippen molar-refractivity contribution in [3.05, 3.63) is 33.4 Å². The number of benzene rings is 1. The van der Waals surface area contributed by atoms with Crippen LogP contribution in [0, 0.1) is 13.8 Å². The van der Waals surface area contributed by atoms with E-state index in [9.17, 15) is 0 Å². The van der Waals surface area contributed by atoms with Gasteiger partial charge in [-0.3, -0.25) is 4.98 Å². The molecule has 0 saturated carbocycles. The smallest absolute Gasteiger partial charge is 0.0870 e. The predicted molar refractivity (Wildman–Crippen MR) is 91.8 cm³/mol. The average molecular weight is 335 g/mol. The van der Waals surface area contributed by atoms with E-state index in [4.69, 9.17) is 4.98 Å². The third kappa shape index (κ3) is 2.69. The molecule has 20 heavy (non-hydrogen) atoms. The first kappa shape index (κ1) is 15.3. The molecule has 0 aliphatic heterocycles. The predicted octanol–water partition coefficient (Wildman–Crippen LogP) is 5.56. The van der Waals surface area contributed by atoms with Crippen molar-refractivity contribution in [2.45, 2.75) is 47.0 Å². The molecule has 2 aromatic rings. The van der Waals surface area contributed by atoms with Crippen LogP contribution in [0.25, 0.3) is 10.9 Å². The lowest BCUT2D eigenvalue weighted by molar-refractivity contribution is 0.844. The first-order valence-electron chi connectivity index (χ1n) is 7.30. The molecule has 108 valence electrons. The van der Waals surface area contributed by atoms with Gasteiger partial charge in [0, 0.05) is 27.8 Å². The summed E-state index contributed by atoms with van der Waals surface area (Å²) in [4.78, 5) is 4.84. The molecule has 0 radical (unpaired) electrons. The summed E-state index contributed by atoms with van der Waals surface area (Å²) in [5, 5.41) is 4.89. The van der Waals surface area contributed by atoms with Crippen molar-refractivity contribution in [2.24, 2.45) is 0 Å². The first-order valence-corrected chi connectivity index (χ1v) is 8.09. The molecule has 1 N–H and O–H groups in total. The van der Waals surface area contributed by atoms with E-state index in [1.807, 2.05) is 0 Å². The molecule has 0 saturated heterocycles. The van der Waals surface area contributed by atoms with Crippen LogP contribution in [0.1, 0.15) is 49.9 Å². The molecule has 0 fully saturated rings. The lowest BCUT2D eigenvalue weighted by atomic mass is 9.95. The van der Waals surface area contributed by atoms with Crippen molar-refractivity contribution >= 4 is 32.5 Å². The Morgan fingerprint density at radius 3 is 2.55 bits per heavy atom. The highest BCUT2D eigenvalue weighted by atomic mass is 79.9. The highest BCUT2D eigenvalue weighted by molar-refractivity contribution is 9.10. The molecule has 3 heteroatoms. The molecule has 1 aromatic carbocycles. The minimum absolute atomic E-state index is 0.463. The standard InChI is InChI=1S/C17H23BrN2/c1-6-9-19-17-14(10(2)3)12(5)20-16-13(18)8-7-11(4)15(16)17/h7-8,10H,6,9H2,1-5H3,(H,19,20). The summed E-state index contributed by atoms with van der Waals surface area (Å²) >= 11 is 3.64. The van der Waals surface area contributed by atoms with Gasteiger partial charge in [-0.1, -0.05) is 26.8 Å². The topological polar surface area (TPSA) is 24.9 Å². The molecule has 0 unspecified atom stereocenters. The average Bonchev–Trinajstić information content (AvgIpc) is 2.39. The quantitative estimate of drug-likeness (QED) is 0.791. The normalized spacial score (nSPS) is 11.3. The SMILES string of the molecule is CCCNc1c(C(C)C)c(C)nc2c(Br)ccc(C)c12. The van der Waals surface area contributed by atoms with E-state index in [0.29, 0.717) is 5.92 Å². The summed E-state index contributed by atoms with van der Waals surface area (Å²) in [6.45, 7) is 11.9. The lowest BCUT2D eigenvalue weighted by Gasteiger charge is -2.21. The van der Waals surface area contributed by atoms with E-state index in [1.54, 1.807) is 0 Å². The number of hydrogen-bond donors (Lipinski definition) is 1. The van der Waals surface area contributed by atoms with Crippen molar-refractivity contribution in [3.8, 4) is 0 Å². The molecule has 0 amide bonds. The van der Waals surface area contributed by atoms with Gasteiger partial charge in [-0.25, -0.2) is 0 Å². The Kier molecular flexibility index (Phi) is 4.69. The van der Waals surface area contributed by atoms with Gasteiger partial charge in [0.2, 0.25) is 0 Å². The fourth-order valence-electron chi connectivity index (χ4n) is 2.78. The number of nitrogens with one attached hydrogen (secondary N) is 1. The van der Waals surface area contributed by atoms with Crippen LogP contribution < -0.4 is 5.32 Å². The molecule has 2 nitrogen and oxygen atoms in total. The van der Waals surface area contributed by atoms with E-state index in [1.165, 1.54) is 22.2 Å². The molecule has 0 atom stereocenters. The van der Waals surface area contributed by atoms with Gasteiger partial charge in [-0.05, 0) is 59.3 Å². The number of aromatic nitrogens is 1. The maximum atomic E-state index is 4.84. The van der Waals surface area contributed by atoms with Crippen LogP contribution in [0.2, 0.25) is 0 Å². The minimum atomic E-state index is 0.463. The van der Waals surface area contributed by atoms with E-state index in [2.05, 4.69) is 68.0 Å². The molecule has 1 aromatic heterocycles. The highest BCUT2D eigenvalue weighted by Crippen LogP contribution is 2.37. The highest BCUT2D eigenvalue weighted by Gasteiger charge is 2.17. The molecular formula is C17H23BrN2. The van der Waals surface area contributed by atoms with Gasteiger partial charge in [-0.15, -0.1) is 0 Å². The van der Waals surface area contributed by atoms with Crippen molar-refractivity contribution in [3.63, 3.8) is 0 Å². The molecule has 2 rings (SSSR count). The zero-order valence-corrected chi connectivity index (χ0v) is 14.6. The molecule has 0 spiro atoms. The number of pyridine rings is 1. The van der Waals surface area contributed by atoms with Crippen LogP contribution in [0.3, 0.4) is 0 Å². The summed E-state index contributed by atoms with van der Waals surface area (Å²) in [5.74, 6) is 0.463. The van der Waals surface area contributed by atoms with Gasteiger partial charge in [-0.2, -0.15) is 0 Å². The monoisotopic (exact) mass is 334 g/mol. The Morgan fingerprint density at radius 1 is 1.25 bits per heavy atom. The van der Waals surface area contributed by atoms with Crippen molar-refractivity contribution in [2.75, 3.05) is 11.9 Å². The third-order valence-electron chi connectivity index (χ3n) is 3.65. The largest absolute Gasteiger partial charge is 0.384 e. The van der Waals surface area contributed by atoms with Gasteiger partial charge < -0.3 is 5.32 Å². The number of aryl methyl sites for hydroxylation is 2. The third-order valence-corrected chi connectivity index (χ3v) is 4.29. The Labute approximate surface area is 130 Å². The second-order valence-corrected chi connectivity index (χ2v) is 6.51. The van der Waals surface area contributed by atoms with Crippen molar-refractivity contribution in [1.82, 2.24) is 4.98 Å². The fraction of sp³-hybridized carbons (Fsp3) is 0.471. The van der Waals surface area contributed by atoms with E-state index < -0.39 is 0 Å². The van der Waals surface area contributed by atoms with Crippen LogP contribution in [0.4, 0.5) is 5.69 Å². The number of halogens is 1. The summed E-state index contributed by atoms with van der Waals surface area (Å²) in [7, 11) is 0. The Bertz CT molecular complexity index is 633. The second-order valence-electron chi connectivity index (χ2n) is 5.66. The van der Waals surface area contributed by atoms with Crippen molar-refractivity contribution < 1.29 is 0 Å². The Balaban J connectivity index is 2.84. The van der Waals surface area contributed by atoms with Gasteiger partial charge >= 0.3 is 0 Å². The summed E-state index contributed by atoms with van der Waals surface area (Å²) in [6, 6.07) is 4.24. The number of fused-ring (bicyclic) bond motifs is 1. The number of anilines is 1. The summed E-state index contributed by atoms with van der Waals surface area (Å²) in [6.07, 6.45) is 1.12. The first-order chi connectivity index (χ1) is 9.47. The zero-order chi connectivity index (χ0) is 14.9. The Morgan fingerprint density at radius 2 is 1.95 bits per heavy atom. The van der Waals surface area contributed by atoms with Gasteiger partial charge in [0.1, 0.15) is 0 Å². The number of rotatable bonds is 4. The maximum Gasteiger partial charge on any atom is 0.0870 e. The molecule has 0 aliphatic carbocycles. The van der Waals surface area contributed by atoms with Gasteiger partial charge in [0.15, 0.2) is 0 Å². The summed E-state index contributed by atoms with van der Waals surface area (Å²) in [5.41, 5.74) is 6.06.